The van der Waals surface area contributed by atoms with Gasteiger partial charge in [0.25, 0.3) is 0 Å². The molecule has 0 spiro atoms. The van der Waals surface area contributed by atoms with E-state index >= 15 is 0 Å². The highest BCUT2D eigenvalue weighted by Gasteiger charge is 2.52. The van der Waals surface area contributed by atoms with E-state index in [1.165, 1.54) is 87.2 Å². The van der Waals surface area contributed by atoms with Crippen LogP contribution in [0.3, 0.4) is 0 Å². The van der Waals surface area contributed by atoms with Gasteiger partial charge in [-0.05, 0) is 171 Å². The minimum atomic E-state index is -0.471. The Kier molecular flexibility index (Phi) is 14.6. The van der Waals surface area contributed by atoms with E-state index in [0.717, 1.165) is 132 Å². The van der Waals surface area contributed by atoms with Gasteiger partial charge < -0.3 is 45.2 Å². The Bertz CT molecular complexity index is 7680. The predicted molar refractivity (Wildman–Crippen MR) is 475 cm³/mol. The van der Waals surface area contributed by atoms with Crippen molar-refractivity contribution in [2.75, 3.05) is 0 Å². The average Bonchev–Trinajstić information content (AvgIpc) is 1.51. The molecule has 542 valence electrons. The standard InChI is InChI=1S/C48H28N2O2.C30H26BNO3.C24H14BrNO/c1-5-19-41-31(11-1)32-12-2-6-20-42(32)49(41)29-23-25-45-39(27-29)37-17-9-15-35(47(37)51-45)36-16-10-18-38-40-28-30(24-26-46(40)52-48(36)38)50-43-21-7-3-13-33(43)34-14-4-8-22-44(34)50;1-29(2)30(3,4)35-31(34-29)24-13-9-12-22-23-18-19(16-17-27(23)33-28(22)24)32-25-14-7-5-10-20(25)21-11-6-8-15-26(21)32;25-20-9-5-8-18-19-14-15(12-13-23(19)27-24(18)20)26-21-10-3-1-6-16(21)17-7-2-4-11-22(17)26/h1-28H;5-18H,1-4H3;1-14H. The number of hydrogen-bond donors (Lipinski definition) is 0. The van der Waals surface area contributed by atoms with Gasteiger partial charge in [0.2, 0.25) is 0 Å². The second kappa shape index (κ2) is 25.2. The molecule has 25 rings (SSSR count). The third kappa shape index (κ3) is 10.0. The van der Waals surface area contributed by atoms with Gasteiger partial charge >= 0.3 is 7.12 Å². The number of benzene rings is 16. The van der Waals surface area contributed by atoms with Crippen molar-refractivity contribution in [1.82, 2.24) is 18.3 Å². The smallest absolute Gasteiger partial charge is 0.456 e. The SMILES string of the molecule is Brc1cccc2c1oc1ccc(-n3c4ccccc4c4ccccc43)cc12.CC1(C)OB(c2cccc3c2oc2ccc(-n4c5ccccc5c5ccccc54)cc23)OC1(C)C.c1cc(-c2cccc3c2oc2ccc(-n4c5ccccc5c5ccccc54)cc23)c2oc3ccc(-n4c5ccccc5c5ccccc54)cc3c2c1. The average molecular weight is 1540 g/mol. The van der Waals surface area contributed by atoms with Crippen molar-refractivity contribution in [2.24, 2.45) is 0 Å². The summed E-state index contributed by atoms with van der Waals surface area (Å²) in [7, 11) is -0.471. The monoisotopic (exact) mass is 1530 g/mol. The number of fused-ring (bicyclic) bond motifs is 24. The van der Waals surface area contributed by atoms with Crippen LogP contribution in [-0.2, 0) is 9.31 Å². The fraction of sp³-hybridized carbons (Fsp3) is 0.0588. The maximum atomic E-state index is 6.70. The van der Waals surface area contributed by atoms with Crippen LogP contribution in [-0.4, -0.2) is 36.6 Å². The third-order valence-electron chi connectivity index (χ3n) is 24.1. The van der Waals surface area contributed by atoms with E-state index in [0.29, 0.717) is 0 Å². The molecular weight excluding hydrogens is 1470 g/mol. The lowest BCUT2D eigenvalue weighted by molar-refractivity contribution is 0.00578. The van der Waals surface area contributed by atoms with Gasteiger partial charge in [0.1, 0.15) is 44.7 Å². The summed E-state index contributed by atoms with van der Waals surface area (Å²) in [5.41, 5.74) is 23.1. The minimum absolute atomic E-state index is 0.407. The van der Waals surface area contributed by atoms with Crippen molar-refractivity contribution < 1.29 is 27.0 Å². The Morgan fingerprint density at radius 3 is 0.772 bits per heavy atom. The van der Waals surface area contributed by atoms with Gasteiger partial charge in [-0.15, -0.1) is 0 Å². The maximum absolute atomic E-state index is 6.70. The van der Waals surface area contributed by atoms with Gasteiger partial charge in [-0.3, -0.25) is 0 Å². The zero-order valence-corrected chi connectivity index (χ0v) is 64.1. The highest BCUT2D eigenvalue weighted by molar-refractivity contribution is 9.10. The largest absolute Gasteiger partial charge is 0.498 e. The molecule has 1 aliphatic rings. The van der Waals surface area contributed by atoms with E-state index in [-0.39, 0.29) is 0 Å². The normalized spacial score (nSPS) is 13.7. The fourth-order valence-electron chi connectivity index (χ4n) is 18.1. The van der Waals surface area contributed by atoms with Crippen LogP contribution in [0.1, 0.15) is 27.7 Å². The molecule has 0 aliphatic carbocycles. The Morgan fingerprint density at radius 2 is 0.465 bits per heavy atom. The van der Waals surface area contributed by atoms with Crippen molar-refractivity contribution in [2.45, 2.75) is 38.9 Å². The highest BCUT2D eigenvalue weighted by atomic mass is 79.9. The number of rotatable bonds is 6. The summed E-state index contributed by atoms with van der Waals surface area (Å²) in [5, 5.41) is 18.8. The Morgan fingerprint density at radius 1 is 0.228 bits per heavy atom. The molecular formula is C102H68BBrN4O6. The number of furan rings is 4. The van der Waals surface area contributed by atoms with Crippen LogP contribution in [0.2, 0.25) is 0 Å². The maximum Gasteiger partial charge on any atom is 0.498 e. The fourth-order valence-corrected chi connectivity index (χ4v) is 18.5. The minimum Gasteiger partial charge on any atom is -0.456 e. The molecule has 0 N–H and O–H groups in total. The van der Waals surface area contributed by atoms with Crippen LogP contribution in [0.5, 0.6) is 0 Å². The molecule has 1 aliphatic heterocycles. The van der Waals surface area contributed by atoms with Crippen LogP contribution in [0, 0.1) is 0 Å². The number of para-hydroxylation sites is 12. The predicted octanol–water partition coefficient (Wildman–Crippen LogP) is 27.8. The topological polar surface area (TPSA) is 90.7 Å². The van der Waals surface area contributed by atoms with Gasteiger partial charge in [0, 0.05) is 126 Å². The molecule has 114 heavy (non-hydrogen) atoms. The quantitative estimate of drug-likeness (QED) is 0.154. The number of aromatic nitrogens is 4. The highest BCUT2D eigenvalue weighted by Crippen LogP contribution is 2.46. The van der Waals surface area contributed by atoms with Crippen LogP contribution in [0.25, 0.3) is 209 Å². The summed E-state index contributed by atoms with van der Waals surface area (Å²) in [6, 6.07) is 120. The number of hydrogen-bond acceptors (Lipinski definition) is 6. The van der Waals surface area contributed by atoms with Crippen LogP contribution < -0.4 is 5.46 Å². The summed E-state index contributed by atoms with van der Waals surface area (Å²) in [4.78, 5) is 0. The first kappa shape index (κ1) is 66.2. The molecule has 0 saturated carbocycles. The lowest BCUT2D eigenvalue weighted by atomic mass is 9.78. The van der Waals surface area contributed by atoms with Crippen LogP contribution in [0.15, 0.2) is 362 Å². The lowest BCUT2D eigenvalue weighted by Gasteiger charge is -2.32. The second-order valence-electron chi connectivity index (χ2n) is 30.9. The van der Waals surface area contributed by atoms with E-state index in [4.69, 9.17) is 27.0 Å². The molecule has 0 radical (unpaired) electrons. The summed E-state index contributed by atoms with van der Waals surface area (Å²) in [6.07, 6.45) is 0. The summed E-state index contributed by atoms with van der Waals surface area (Å²) < 4.78 is 48.9. The van der Waals surface area contributed by atoms with Crippen molar-refractivity contribution in [3.8, 4) is 33.9 Å². The van der Waals surface area contributed by atoms with Gasteiger partial charge in [-0.25, -0.2) is 0 Å². The molecule has 0 bridgehead atoms. The molecule has 16 aromatic carbocycles. The van der Waals surface area contributed by atoms with Gasteiger partial charge in [0.05, 0.1) is 59.8 Å². The first-order chi connectivity index (χ1) is 55.9. The van der Waals surface area contributed by atoms with E-state index in [9.17, 15) is 0 Å². The molecule has 1 fully saturated rings. The van der Waals surface area contributed by atoms with Crippen molar-refractivity contribution in [1.29, 1.82) is 0 Å². The Balaban J connectivity index is 0.000000108. The van der Waals surface area contributed by atoms with Crippen molar-refractivity contribution in [3.05, 3.63) is 344 Å². The molecule has 12 heteroatoms. The molecule has 1 saturated heterocycles. The van der Waals surface area contributed by atoms with Gasteiger partial charge in [-0.2, -0.15) is 0 Å². The Labute approximate surface area is 661 Å². The van der Waals surface area contributed by atoms with Crippen LogP contribution in [0.4, 0.5) is 0 Å². The first-order valence-electron chi connectivity index (χ1n) is 38.7. The van der Waals surface area contributed by atoms with E-state index in [1.54, 1.807) is 0 Å². The second-order valence-corrected chi connectivity index (χ2v) is 31.8. The molecule has 0 atom stereocenters. The molecule has 24 aromatic rings. The van der Waals surface area contributed by atoms with Crippen molar-refractivity contribution >= 4 is 203 Å². The molecule has 0 amide bonds. The third-order valence-corrected chi connectivity index (χ3v) is 24.7. The van der Waals surface area contributed by atoms with Gasteiger partial charge in [-0.1, -0.05) is 212 Å². The van der Waals surface area contributed by atoms with Crippen LogP contribution >= 0.6 is 15.9 Å². The lowest BCUT2D eigenvalue weighted by Crippen LogP contribution is -2.41. The molecule has 9 heterocycles. The van der Waals surface area contributed by atoms with E-state index in [2.05, 4.69) is 389 Å². The van der Waals surface area contributed by atoms with E-state index < -0.39 is 18.3 Å². The van der Waals surface area contributed by atoms with E-state index in [1.807, 2.05) is 12.1 Å². The zero-order valence-electron chi connectivity index (χ0n) is 62.5. The number of nitrogens with zero attached hydrogens (tertiary/aromatic N) is 4. The summed E-state index contributed by atoms with van der Waals surface area (Å²) in [5.74, 6) is 0. The zero-order chi connectivity index (χ0) is 75.8. The Hall–Kier alpha value is -13.6. The van der Waals surface area contributed by atoms with Crippen molar-refractivity contribution in [3.63, 3.8) is 0 Å². The van der Waals surface area contributed by atoms with Gasteiger partial charge in [0.15, 0.2) is 0 Å². The summed E-state index contributed by atoms with van der Waals surface area (Å²) >= 11 is 3.60. The summed E-state index contributed by atoms with van der Waals surface area (Å²) in [6.45, 7) is 8.29. The first-order valence-corrected chi connectivity index (χ1v) is 39.5. The molecule has 8 aromatic heterocycles. The molecule has 0 unspecified atom stereocenters. The number of halogens is 1. The molecule has 10 nitrogen and oxygen atoms in total.